The van der Waals surface area contributed by atoms with E-state index in [4.69, 9.17) is 38.2 Å². The van der Waals surface area contributed by atoms with Crippen molar-refractivity contribution in [1.82, 2.24) is 4.90 Å². The van der Waals surface area contributed by atoms with Gasteiger partial charge in [0.25, 0.3) is 0 Å². The molecule has 212 valence electrons. The first-order valence-electron chi connectivity index (χ1n) is 12.6. The largest absolute Gasteiger partial charge is 0.497 e. The van der Waals surface area contributed by atoms with Crippen LogP contribution >= 0.6 is 7.82 Å². The van der Waals surface area contributed by atoms with E-state index >= 15 is 0 Å². The summed E-state index contributed by atoms with van der Waals surface area (Å²) in [6, 6.07) is 23.1. The molecule has 4 rings (SSSR count). The van der Waals surface area contributed by atoms with Gasteiger partial charge in [-0.15, -0.1) is 0 Å². The van der Waals surface area contributed by atoms with Crippen molar-refractivity contribution in [3.05, 3.63) is 83.4 Å². The van der Waals surface area contributed by atoms with E-state index in [-0.39, 0.29) is 5.41 Å². The summed E-state index contributed by atoms with van der Waals surface area (Å²) >= 11 is 0. The molecule has 0 radical (unpaired) electrons. The Morgan fingerprint density at radius 3 is 2.23 bits per heavy atom. The maximum absolute atomic E-state index is 8.88. The van der Waals surface area contributed by atoms with Crippen LogP contribution in [0.25, 0.3) is 0 Å². The van der Waals surface area contributed by atoms with Gasteiger partial charge >= 0.3 is 7.82 Å². The second kappa shape index (κ2) is 13.8. The smallest absolute Gasteiger partial charge is 0.466 e. The van der Waals surface area contributed by atoms with Crippen LogP contribution < -0.4 is 18.9 Å². The first-order chi connectivity index (χ1) is 18.6. The SMILES string of the molecule is COc1ccc2c(c1)C(CCCN(C)CCc1ccc(OC)c(OC)c1)(c1ccccc1)CO2.O=P(O)(O)O. The molecule has 0 aromatic heterocycles. The predicted molar refractivity (Wildman–Crippen MR) is 150 cm³/mol. The van der Waals surface area contributed by atoms with Gasteiger partial charge in [-0.05, 0) is 74.3 Å². The van der Waals surface area contributed by atoms with E-state index in [1.165, 1.54) is 16.7 Å². The Morgan fingerprint density at radius 1 is 0.897 bits per heavy atom. The molecule has 0 saturated carbocycles. The van der Waals surface area contributed by atoms with Crippen molar-refractivity contribution < 1.29 is 38.2 Å². The quantitative estimate of drug-likeness (QED) is 0.294. The third-order valence-corrected chi connectivity index (χ3v) is 6.88. The molecule has 1 aliphatic rings. The Bertz CT molecular complexity index is 1240. The molecule has 10 heteroatoms. The van der Waals surface area contributed by atoms with E-state index in [9.17, 15) is 0 Å². The minimum atomic E-state index is -4.64. The number of fused-ring (bicyclic) bond motifs is 1. The van der Waals surface area contributed by atoms with Crippen molar-refractivity contribution >= 4 is 7.82 Å². The zero-order chi connectivity index (χ0) is 28.5. The van der Waals surface area contributed by atoms with Crippen LogP contribution in [0.4, 0.5) is 0 Å². The Morgan fingerprint density at radius 2 is 1.59 bits per heavy atom. The molecule has 0 aliphatic carbocycles. The summed E-state index contributed by atoms with van der Waals surface area (Å²) in [5.74, 6) is 3.38. The van der Waals surface area contributed by atoms with E-state index < -0.39 is 7.82 Å². The number of nitrogens with zero attached hydrogens (tertiary/aromatic N) is 1. The van der Waals surface area contributed by atoms with Gasteiger partial charge in [0.2, 0.25) is 0 Å². The van der Waals surface area contributed by atoms with Crippen LogP contribution in [0.1, 0.15) is 29.5 Å². The highest BCUT2D eigenvalue weighted by atomic mass is 31.2. The molecule has 3 aromatic carbocycles. The van der Waals surface area contributed by atoms with Gasteiger partial charge in [0.15, 0.2) is 11.5 Å². The number of phosphoric acid groups is 1. The third kappa shape index (κ3) is 8.46. The molecule has 0 amide bonds. The Labute approximate surface area is 230 Å². The average Bonchev–Trinajstić information content (AvgIpc) is 3.30. The number of methoxy groups -OCH3 is 3. The van der Waals surface area contributed by atoms with Crippen molar-refractivity contribution in [3.63, 3.8) is 0 Å². The molecular weight excluding hydrogens is 521 g/mol. The van der Waals surface area contributed by atoms with Crippen LogP contribution in [-0.4, -0.2) is 67.7 Å². The summed E-state index contributed by atoms with van der Waals surface area (Å²) in [6.07, 6.45) is 3.04. The first kappa shape index (κ1) is 30.5. The van der Waals surface area contributed by atoms with Crippen LogP contribution in [0.3, 0.4) is 0 Å². The molecule has 3 aromatic rings. The highest BCUT2D eigenvalue weighted by Gasteiger charge is 2.42. The van der Waals surface area contributed by atoms with Gasteiger partial charge in [-0.2, -0.15) is 0 Å². The monoisotopic (exact) mass is 559 g/mol. The van der Waals surface area contributed by atoms with Gasteiger partial charge in [0, 0.05) is 12.1 Å². The fourth-order valence-corrected chi connectivity index (χ4v) is 4.88. The minimum absolute atomic E-state index is 0.157. The number of rotatable bonds is 11. The van der Waals surface area contributed by atoms with Crippen molar-refractivity contribution in [2.45, 2.75) is 24.7 Å². The molecule has 0 saturated heterocycles. The van der Waals surface area contributed by atoms with E-state index in [2.05, 4.69) is 60.5 Å². The van der Waals surface area contributed by atoms with Gasteiger partial charge in [-0.1, -0.05) is 36.4 Å². The lowest BCUT2D eigenvalue weighted by molar-refractivity contribution is 0.263. The van der Waals surface area contributed by atoms with E-state index in [0.29, 0.717) is 6.61 Å². The predicted octanol–water partition coefficient (Wildman–Crippen LogP) is 4.42. The van der Waals surface area contributed by atoms with Crippen molar-refractivity contribution in [3.8, 4) is 23.0 Å². The molecular formula is C29H38NO8P. The summed E-state index contributed by atoms with van der Waals surface area (Å²) < 4.78 is 31.4. The normalized spacial score (nSPS) is 16.1. The van der Waals surface area contributed by atoms with E-state index in [1.54, 1.807) is 21.3 Å². The number of hydrogen-bond acceptors (Lipinski definition) is 6. The Balaban J connectivity index is 0.000000771. The minimum Gasteiger partial charge on any atom is -0.497 e. The molecule has 0 bridgehead atoms. The molecule has 1 atom stereocenters. The average molecular weight is 560 g/mol. The van der Waals surface area contributed by atoms with Crippen LogP contribution in [0.2, 0.25) is 0 Å². The fourth-order valence-electron chi connectivity index (χ4n) is 4.88. The van der Waals surface area contributed by atoms with Gasteiger partial charge < -0.3 is 38.5 Å². The molecule has 39 heavy (non-hydrogen) atoms. The Kier molecular flexibility index (Phi) is 10.8. The first-order valence-corrected chi connectivity index (χ1v) is 14.2. The zero-order valence-electron chi connectivity index (χ0n) is 22.9. The van der Waals surface area contributed by atoms with Gasteiger partial charge in [0.05, 0.1) is 26.7 Å². The van der Waals surface area contributed by atoms with Crippen LogP contribution in [-0.2, 0) is 16.4 Å². The molecule has 0 fully saturated rings. The molecule has 1 heterocycles. The molecule has 1 aliphatic heterocycles. The van der Waals surface area contributed by atoms with Crippen molar-refractivity contribution in [1.29, 1.82) is 0 Å². The third-order valence-electron chi connectivity index (χ3n) is 6.88. The van der Waals surface area contributed by atoms with Crippen molar-refractivity contribution in [2.75, 3.05) is 48.1 Å². The zero-order valence-corrected chi connectivity index (χ0v) is 23.8. The standard InChI is InChI=1S/C29H35NO4.H3O4P/c1-30(18-15-22-11-13-27(32-3)28(19-22)33-4)17-8-16-29(23-9-6-5-7-10-23)21-34-26-14-12-24(31-2)20-25(26)29;1-5(2,3)4/h5-7,9-14,19-20H,8,15-18,21H2,1-4H3;(H3,1,2,3,4). The summed E-state index contributed by atoms with van der Waals surface area (Å²) in [6.45, 7) is 2.66. The number of hydrogen-bond donors (Lipinski definition) is 3. The maximum atomic E-state index is 8.88. The summed E-state index contributed by atoms with van der Waals surface area (Å²) in [4.78, 5) is 24.0. The second-order valence-corrected chi connectivity index (χ2v) is 10.5. The van der Waals surface area contributed by atoms with Gasteiger partial charge in [-0.3, -0.25) is 0 Å². The highest BCUT2D eigenvalue weighted by molar-refractivity contribution is 7.45. The summed E-state index contributed by atoms with van der Waals surface area (Å²) in [5.41, 5.74) is 3.62. The number of ether oxygens (including phenoxy) is 4. The number of likely N-dealkylation sites (N-methyl/N-ethyl adjacent to an activating group) is 1. The highest BCUT2D eigenvalue weighted by Crippen LogP contribution is 2.47. The topological polar surface area (TPSA) is 118 Å². The second-order valence-electron chi connectivity index (χ2n) is 9.46. The van der Waals surface area contributed by atoms with Gasteiger partial charge in [-0.25, -0.2) is 4.57 Å². The van der Waals surface area contributed by atoms with E-state index in [0.717, 1.165) is 55.4 Å². The molecule has 3 N–H and O–H groups in total. The van der Waals surface area contributed by atoms with Crippen molar-refractivity contribution in [2.24, 2.45) is 0 Å². The summed E-state index contributed by atoms with van der Waals surface area (Å²) in [5, 5.41) is 0. The lowest BCUT2D eigenvalue weighted by Gasteiger charge is -2.30. The molecule has 9 nitrogen and oxygen atoms in total. The lowest BCUT2D eigenvalue weighted by Crippen LogP contribution is -2.31. The van der Waals surface area contributed by atoms with Crippen LogP contribution in [0.5, 0.6) is 23.0 Å². The molecule has 1 unspecified atom stereocenters. The maximum Gasteiger partial charge on any atom is 0.466 e. The number of benzene rings is 3. The summed E-state index contributed by atoms with van der Waals surface area (Å²) in [7, 11) is 2.61. The fraction of sp³-hybridized carbons (Fsp3) is 0.379. The lowest BCUT2D eigenvalue weighted by atomic mass is 9.73. The Hall–Kier alpha value is -3.07. The van der Waals surface area contributed by atoms with Crippen LogP contribution in [0, 0.1) is 0 Å². The van der Waals surface area contributed by atoms with E-state index in [1.807, 2.05) is 18.2 Å². The molecule has 0 spiro atoms. The van der Waals surface area contributed by atoms with Gasteiger partial charge in [0.1, 0.15) is 18.1 Å². The van der Waals surface area contributed by atoms with Crippen LogP contribution in [0.15, 0.2) is 66.7 Å².